The Morgan fingerprint density at radius 3 is 2.29 bits per heavy atom. The van der Waals surface area contributed by atoms with Crippen molar-refractivity contribution in [3.63, 3.8) is 0 Å². The van der Waals surface area contributed by atoms with Gasteiger partial charge in [-0.1, -0.05) is 26.8 Å². The van der Waals surface area contributed by atoms with Crippen molar-refractivity contribution in [3.05, 3.63) is 29.3 Å². The van der Waals surface area contributed by atoms with Gasteiger partial charge in [-0.25, -0.2) is 4.79 Å². The molecule has 0 atom stereocenters. The Bertz CT molecular complexity index is 458. The molecule has 2 N–H and O–H groups in total. The number of anilines is 1. The molecule has 1 aromatic carbocycles. The molecule has 4 heteroatoms. The van der Waals surface area contributed by atoms with Gasteiger partial charge in [-0.15, -0.1) is 0 Å². The van der Waals surface area contributed by atoms with Gasteiger partial charge in [0.15, 0.2) is 0 Å². The van der Waals surface area contributed by atoms with E-state index in [1.165, 1.54) is 6.07 Å². The number of carbonyl (C=O) groups is 2. The van der Waals surface area contributed by atoms with Gasteiger partial charge in [-0.2, -0.15) is 0 Å². The minimum absolute atomic E-state index is 0.141. The van der Waals surface area contributed by atoms with Gasteiger partial charge in [0.2, 0.25) is 5.91 Å². The van der Waals surface area contributed by atoms with Crippen LogP contribution in [0, 0.1) is 12.3 Å². The Labute approximate surface area is 101 Å². The highest BCUT2D eigenvalue weighted by molar-refractivity contribution is 5.96. The monoisotopic (exact) mass is 235 g/mol. The lowest BCUT2D eigenvalue weighted by Gasteiger charge is -2.18. The van der Waals surface area contributed by atoms with E-state index in [2.05, 4.69) is 5.32 Å². The van der Waals surface area contributed by atoms with Gasteiger partial charge in [-0.05, 0) is 24.6 Å². The summed E-state index contributed by atoms with van der Waals surface area (Å²) < 4.78 is 0. The Morgan fingerprint density at radius 2 is 1.82 bits per heavy atom. The van der Waals surface area contributed by atoms with Crippen LogP contribution >= 0.6 is 0 Å². The van der Waals surface area contributed by atoms with E-state index in [-0.39, 0.29) is 11.5 Å². The second-order valence-electron chi connectivity index (χ2n) is 5.04. The number of carboxylic acids is 1. The number of hydrogen-bond donors (Lipinski definition) is 2. The zero-order valence-corrected chi connectivity index (χ0v) is 10.5. The molecule has 92 valence electrons. The van der Waals surface area contributed by atoms with Crippen LogP contribution in [-0.4, -0.2) is 17.0 Å². The molecule has 1 aromatic rings. The second-order valence-corrected chi connectivity index (χ2v) is 5.04. The van der Waals surface area contributed by atoms with Crippen molar-refractivity contribution < 1.29 is 14.7 Å². The Morgan fingerprint density at radius 1 is 1.24 bits per heavy atom. The molecule has 0 unspecified atom stereocenters. The van der Waals surface area contributed by atoms with Crippen molar-refractivity contribution in [2.45, 2.75) is 27.7 Å². The first-order chi connectivity index (χ1) is 7.71. The average molecular weight is 235 g/mol. The van der Waals surface area contributed by atoms with Crippen molar-refractivity contribution in [3.8, 4) is 0 Å². The standard InChI is InChI=1S/C13H17NO3/c1-8-5-6-9(7-10(8)11(15)16)14-12(17)13(2,3)4/h5-7H,1-4H3,(H,14,17)(H,15,16). The number of amides is 1. The quantitative estimate of drug-likeness (QED) is 0.828. The second kappa shape index (κ2) is 4.57. The zero-order valence-electron chi connectivity index (χ0n) is 10.5. The number of carbonyl (C=O) groups excluding carboxylic acids is 1. The Hall–Kier alpha value is -1.84. The number of aromatic carboxylic acids is 1. The van der Waals surface area contributed by atoms with E-state index in [9.17, 15) is 9.59 Å². The lowest BCUT2D eigenvalue weighted by molar-refractivity contribution is -0.123. The third-order valence-corrected chi connectivity index (χ3v) is 2.41. The highest BCUT2D eigenvalue weighted by atomic mass is 16.4. The summed E-state index contributed by atoms with van der Waals surface area (Å²) in [6.07, 6.45) is 0. The summed E-state index contributed by atoms with van der Waals surface area (Å²) in [5, 5.41) is 11.7. The fraction of sp³-hybridized carbons (Fsp3) is 0.385. The van der Waals surface area contributed by atoms with E-state index in [0.717, 1.165) is 0 Å². The van der Waals surface area contributed by atoms with Gasteiger partial charge >= 0.3 is 5.97 Å². The van der Waals surface area contributed by atoms with Crippen molar-refractivity contribution >= 4 is 17.6 Å². The fourth-order valence-electron chi connectivity index (χ4n) is 1.25. The van der Waals surface area contributed by atoms with Crippen molar-refractivity contribution in [1.82, 2.24) is 0 Å². The van der Waals surface area contributed by atoms with E-state index in [1.54, 1.807) is 39.8 Å². The third kappa shape index (κ3) is 3.31. The minimum atomic E-state index is -0.991. The molecule has 0 radical (unpaired) electrons. The summed E-state index contributed by atoms with van der Waals surface area (Å²) in [6, 6.07) is 4.86. The highest BCUT2D eigenvalue weighted by Gasteiger charge is 2.21. The first-order valence-electron chi connectivity index (χ1n) is 5.37. The van der Waals surface area contributed by atoms with Crippen molar-refractivity contribution in [1.29, 1.82) is 0 Å². The number of benzene rings is 1. The smallest absolute Gasteiger partial charge is 0.336 e. The van der Waals surface area contributed by atoms with Crippen LogP contribution in [0.5, 0.6) is 0 Å². The van der Waals surface area contributed by atoms with E-state index < -0.39 is 11.4 Å². The summed E-state index contributed by atoms with van der Waals surface area (Å²) >= 11 is 0. The van der Waals surface area contributed by atoms with Crippen LogP contribution < -0.4 is 5.32 Å². The summed E-state index contributed by atoms with van der Waals surface area (Å²) in [6.45, 7) is 7.12. The molecule has 0 aliphatic rings. The predicted octanol–water partition coefficient (Wildman–Crippen LogP) is 2.68. The van der Waals surface area contributed by atoms with Crippen LogP contribution in [0.4, 0.5) is 5.69 Å². The van der Waals surface area contributed by atoms with Gasteiger partial charge in [0.05, 0.1) is 5.56 Å². The Balaban J connectivity index is 2.98. The molecule has 0 aliphatic heterocycles. The van der Waals surface area contributed by atoms with Gasteiger partial charge in [0.25, 0.3) is 0 Å². The SMILES string of the molecule is Cc1ccc(NC(=O)C(C)(C)C)cc1C(=O)O. The maximum Gasteiger partial charge on any atom is 0.336 e. The largest absolute Gasteiger partial charge is 0.478 e. The lowest BCUT2D eigenvalue weighted by atomic mass is 9.95. The molecule has 0 saturated heterocycles. The molecular weight excluding hydrogens is 218 g/mol. The summed E-state index contributed by atoms with van der Waals surface area (Å²) in [5.74, 6) is -1.13. The molecule has 0 aromatic heterocycles. The number of nitrogens with one attached hydrogen (secondary N) is 1. The van der Waals surface area contributed by atoms with E-state index in [1.807, 2.05) is 0 Å². The van der Waals surface area contributed by atoms with Crippen LogP contribution in [0.25, 0.3) is 0 Å². The molecule has 0 spiro atoms. The molecule has 0 bridgehead atoms. The molecule has 1 rings (SSSR count). The van der Waals surface area contributed by atoms with Gasteiger partial charge in [-0.3, -0.25) is 4.79 Å². The van der Waals surface area contributed by atoms with E-state index >= 15 is 0 Å². The number of hydrogen-bond acceptors (Lipinski definition) is 2. The molecule has 4 nitrogen and oxygen atoms in total. The molecule has 0 heterocycles. The maximum atomic E-state index is 11.7. The molecule has 17 heavy (non-hydrogen) atoms. The van der Waals surface area contributed by atoms with Gasteiger partial charge in [0, 0.05) is 11.1 Å². The number of aryl methyl sites for hydroxylation is 1. The summed E-state index contributed by atoms with van der Waals surface area (Å²) in [4.78, 5) is 22.7. The number of carboxylic acid groups (broad SMARTS) is 1. The lowest BCUT2D eigenvalue weighted by Crippen LogP contribution is -2.27. The molecule has 0 saturated carbocycles. The summed E-state index contributed by atoms with van der Waals surface area (Å²) in [5.41, 5.74) is 0.879. The first-order valence-corrected chi connectivity index (χ1v) is 5.37. The van der Waals surface area contributed by atoms with Crippen molar-refractivity contribution in [2.24, 2.45) is 5.41 Å². The van der Waals surface area contributed by atoms with Gasteiger partial charge < -0.3 is 10.4 Å². The van der Waals surface area contributed by atoms with Crippen LogP contribution in [0.1, 0.15) is 36.7 Å². The molecule has 0 fully saturated rings. The zero-order chi connectivity index (χ0) is 13.2. The van der Waals surface area contributed by atoms with Crippen LogP contribution in [0.15, 0.2) is 18.2 Å². The first kappa shape index (κ1) is 13.2. The topological polar surface area (TPSA) is 66.4 Å². The minimum Gasteiger partial charge on any atom is -0.478 e. The molecular formula is C13H17NO3. The van der Waals surface area contributed by atoms with Crippen molar-refractivity contribution in [2.75, 3.05) is 5.32 Å². The van der Waals surface area contributed by atoms with Crippen LogP contribution in [0.3, 0.4) is 0 Å². The average Bonchev–Trinajstić information content (AvgIpc) is 2.19. The maximum absolute atomic E-state index is 11.7. The Kier molecular flexibility index (Phi) is 3.56. The van der Waals surface area contributed by atoms with E-state index in [4.69, 9.17) is 5.11 Å². The van der Waals surface area contributed by atoms with E-state index in [0.29, 0.717) is 11.3 Å². The fourth-order valence-corrected chi connectivity index (χ4v) is 1.25. The normalized spacial score (nSPS) is 11.1. The summed E-state index contributed by atoms with van der Waals surface area (Å²) in [7, 11) is 0. The molecule has 1 amide bonds. The third-order valence-electron chi connectivity index (χ3n) is 2.41. The predicted molar refractivity (Wildman–Crippen MR) is 66.2 cm³/mol. The highest BCUT2D eigenvalue weighted by Crippen LogP contribution is 2.19. The van der Waals surface area contributed by atoms with Gasteiger partial charge in [0.1, 0.15) is 0 Å². The van der Waals surface area contributed by atoms with Crippen LogP contribution in [-0.2, 0) is 4.79 Å². The van der Waals surface area contributed by atoms with Crippen LogP contribution in [0.2, 0.25) is 0 Å². The number of rotatable bonds is 2. The molecule has 0 aliphatic carbocycles.